The molecular formula is C36H32N4O5S. The van der Waals surface area contributed by atoms with Gasteiger partial charge in [0.25, 0.3) is 5.56 Å². The highest BCUT2D eigenvalue weighted by Crippen LogP contribution is 2.32. The summed E-state index contributed by atoms with van der Waals surface area (Å²) in [5.41, 5.74) is 4.47. The number of hydrogen-bond donors (Lipinski definition) is 0. The van der Waals surface area contributed by atoms with Gasteiger partial charge in [-0.25, -0.2) is 14.5 Å². The van der Waals surface area contributed by atoms with Crippen molar-refractivity contribution in [3.8, 4) is 28.4 Å². The van der Waals surface area contributed by atoms with Gasteiger partial charge in [0.15, 0.2) is 4.80 Å². The zero-order valence-electron chi connectivity index (χ0n) is 25.7. The fourth-order valence-electron chi connectivity index (χ4n) is 5.33. The van der Waals surface area contributed by atoms with E-state index in [9.17, 15) is 9.59 Å². The molecule has 9 nitrogen and oxygen atoms in total. The summed E-state index contributed by atoms with van der Waals surface area (Å²) in [5, 5.41) is 4.92. The third kappa shape index (κ3) is 5.94. The molecule has 1 aliphatic heterocycles. The molecule has 0 fully saturated rings. The van der Waals surface area contributed by atoms with E-state index in [-0.39, 0.29) is 12.2 Å². The van der Waals surface area contributed by atoms with Crippen molar-refractivity contribution in [3.05, 3.63) is 140 Å². The number of carbonyl (C=O) groups excluding carboxylic acids is 1. The third-order valence-electron chi connectivity index (χ3n) is 7.49. The van der Waals surface area contributed by atoms with Crippen LogP contribution in [0.5, 0.6) is 11.5 Å². The van der Waals surface area contributed by atoms with Crippen molar-refractivity contribution >= 4 is 23.4 Å². The Morgan fingerprint density at radius 2 is 1.74 bits per heavy atom. The molecule has 3 heterocycles. The monoisotopic (exact) mass is 632 g/mol. The lowest BCUT2D eigenvalue weighted by molar-refractivity contribution is -0.139. The number of ether oxygens (including phenoxy) is 3. The highest BCUT2D eigenvalue weighted by atomic mass is 32.1. The molecule has 0 bridgehead atoms. The molecule has 3 aromatic carbocycles. The molecule has 1 aliphatic rings. The zero-order chi connectivity index (χ0) is 32.2. The lowest BCUT2D eigenvalue weighted by Gasteiger charge is -2.24. The van der Waals surface area contributed by atoms with Crippen molar-refractivity contribution in [3.63, 3.8) is 0 Å². The van der Waals surface area contributed by atoms with Crippen LogP contribution in [-0.4, -0.2) is 40.6 Å². The second-order valence-corrected chi connectivity index (χ2v) is 11.4. The fourth-order valence-corrected chi connectivity index (χ4v) is 6.37. The molecule has 1 unspecified atom stereocenters. The van der Waals surface area contributed by atoms with Gasteiger partial charge < -0.3 is 14.2 Å². The number of allylic oxidation sites excluding steroid dienone is 1. The van der Waals surface area contributed by atoms with Crippen molar-refractivity contribution in [1.82, 2.24) is 14.3 Å². The van der Waals surface area contributed by atoms with Crippen LogP contribution in [-0.2, 0) is 9.53 Å². The van der Waals surface area contributed by atoms with Gasteiger partial charge in [-0.05, 0) is 74.0 Å². The smallest absolute Gasteiger partial charge is 0.338 e. The summed E-state index contributed by atoms with van der Waals surface area (Å²) in [6, 6.07) is 24.0. The van der Waals surface area contributed by atoms with E-state index >= 15 is 0 Å². The number of methoxy groups -OCH3 is 1. The number of aromatic nitrogens is 3. The molecule has 0 N–H and O–H groups in total. The van der Waals surface area contributed by atoms with Gasteiger partial charge in [-0.3, -0.25) is 9.36 Å². The SMILES string of the molecule is C=CCOc1ccc(-c2nn(-c3ccccc3)cc2/C=c2\sc3n(c2=O)C(c2ccc(OC)cc2)C(C(=O)OCC)=C(C)N=3)cc1. The van der Waals surface area contributed by atoms with Crippen LogP contribution >= 0.6 is 11.3 Å². The minimum atomic E-state index is -0.724. The highest BCUT2D eigenvalue weighted by molar-refractivity contribution is 7.07. The number of carbonyl (C=O) groups is 1. The van der Waals surface area contributed by atoms with Gasteiger partial charge >= 0.3 is 5.97 Å². The predicted octanol–water partition coefficient (Wildman–Crippen LogP) is 5.22. The van der Waals surface area contributed by atoms with Crippen LogP contribution in [0.1, 0.15) is 31.0 Å². The summed E-state index contributed by atoms with van der Waals surface area (Å²) < 4.78 is 20.3. The Balaban J connectivity index is 1.52. The molecule has 0 saturated heterocycles. The van der Waals surface area contributed by atoms with Crippen molar-refractivity contribution in [2.75, 3.05) is 20.3 Å². The number of nitrogens with zero attached hydrogens (tertiary/aromatic N) is 4. The van der Waals surface area contributed by atoms with Crippen LogP contribution < -0.4 is 24.4 Å². The number of hydrogen-bond acceptors (Lipinski definition) is 8. The van der Waals surface area contributed by atoms with Crippen LogP contribution in [0.3, 0.4) is 0 Å². The van der Waals surface area contributed by atoms with E-state index in [4.69, 9.17) is 24.3 Å². The number of fused-ring (bicyclic) bond motifs is 1. The predicted molar refractivity (Wildman–Crippen MR) is 178 cm³/mol. The Morgan fingerprint density at radius 1 is 1.02 bits per heavy atom. The van der Waals surface area contributed by atoms with Crippen molar-refractivity contribution < 1.29 is 19.0 Å². The second kappa shape index (κ2) is 13.3. The maximum Gasteiger partial charge on any atom is 0.338 e. The van der Waals surface area contributed by atoms with Crippen molar-refractivity contribution in [2.24, 2.45) is 4.99 Å². The Labute approximate surface area is 269 Å². The largest absolute Gasteiger partial charge is 0.497 e. The quantitative estimate of drug-likeness (QED) is 0.155. The Morgan fingerprint density at radius 3 is 2.41 bits per heavy atom. The standard InChI is InChI=1S/C36H32N4O5S/c1-5-20-45-29-18-12-24(13-19-29)32-26(22-39(38-32)27-10-8-7-9-11-27)21-30-34(41)40-33(25-14-16-28(43-4)17-15-25)31(35(42)44-6-2)23(3)37-36(40)46-30/h5,7-19,21-22,33H,1,6,20H2,2-4H3/b30-21-. The van der Waals surface area contributed by atoms with Crippen LogP contribution in [0.25, 0.3) is 23.0 Å². The summed E-state index contributed by atoms with van der Waals surface area (Å²) in [6.45, 7) is 7.83. The molecule has 0 aliphatic carbocycles. The van der Waals surface area contributed by atoms with E-state index in [0.29, 0.717) is 44.4 Å². The van der Waals surface area contributed by atoms with E-state index in [1.165, 1.54) is 11.3 Å². The Bertz CT molecular complexity index is 2110. The Kier molecular flexibility index (Phi) is 8.80. The van der Waals surface area contributed by atoms with E-state index in [1.807, 2.05) is 79.0 Å². The van der Waals surface area contributed by atoms with Crippen LogP contribution in [0.2, 0.25) is 0 Å². The molecule has 2 aromatic heterocycles. The molecule has 10 heteroatoms. The first-order chi connectivity index (χ1) is 22.4. The summed E-state index contributed by atoms with van der Waals surface area (Å²) in [6.07, 6.45) is 5.43. The lowest BCUT2D eigenvalue weighted by atomic mass is 9.96. The van der Waals surface area contributed by atoms with Gasteiger partial charge in [0.1, 0.15) is 23.8 Å². The molecule has 0 saturated carbocycles. The Hall–Kier alpha value is -5.48. The van der Waals surface area contributed by atoms with Crippen molar-refractivity contribution in [1.29, 1.82) is 0 Å². The minimum absolute atomic E-state index is 0.199. The van der Waals surface area contributed by atoms with Gasteiger partial charge in [0.2, 0.25) is 0 Å². The first-order valence-electron chi connectivity index (χ1n) is 14.7. The molecule has 0 spiro atoms. The molecular weight excluding hydrogens is 600 g/mol. The molecule has 46 heavy (non-hydrogen) atoms. The topological polar surface area (TPSA) is 96.9 Å². The van der Waals surface area contributed by atoms with E-state index in [2.05, 4.69) is 6.58 Å². The number of benzene rings is 3. The fraction of sp³-hybridized carbons (Fsp3) is 0.167. The number of rotatable bonds is 10. The average Bonchev–Trinajstić information content (AvgIpc) is 3.64. The molecule has 1 atom stereocenters. The van der Waals surface area contributed by atoms with Gasteiger partial charge in [0.05, 0.1) is 41.2 Å². The zero-order valence-corrected chi connectivity index (χ0v) is 26.5. The maximum absolute atomic E-state index is 14.3. The van der Waals surface area contributed by atoms with E-state index in [1.54, 1.807) is 48.4 Å². The summed E-state index contributed by atoms with van der Waals surface area (Å²) >= 11 is 1.27. The second-order valence-electron chi connectivity index (χ2n) is 10.4. The molecule has 0 radical (unpaired) electrons. The maximum atomic E-state index is 14.3. The molecule has 0 amide bonds. The number of para-hydroxylation sites is 1. The molecule has 5 aromatic rings. The lowest BCUT2D eigenvalue weighted by Crippen LogP contribution is -2.39. The van der Waals surface area contributed by atoms with Gasteiger partial charge in [-0.1, -0.05) is 54.3 Å². The average molecular weight is 633 g/mol. The first kappa shape index (κ1) is 30.5. The van der Waals surface area contributed by atoms with Crippen LogP contribution in [0, 0.1) is 0 Å². The third-order valence-corrected chi connectivity index (χ3v) is 8.48. The summed E-state index contributed by atoms with van der Waals surface area (Å²) in [5.74, 6) is 0.871. The number of thiazole rings is 1. The van der Waals surface area contributed by atoms with E-state index < -0.39 is 12.0 Å². The summed E-state index contributed by atoms with van der Waals surface area (Å²) in [4.78, 5) is 32.7. The van der Waals surface area contributed by atoms with Gasteiger partial charge in [-0.15, -0.1) is 0 Å². The van der Waals surface area contributed by atoms with E-state index in [0.717, 1.165) is 22.4 Å². The normalized spacial score (nSPS) is 14.4. The highest BCUT2D eigenvalue weighted by Gasteiger charge is 2.33. The minimum Gasteiger partial charge on any atom is -0.497 e. The first-order valence-corrected chi connectivity index (χ1v) is 15.6. The summed E-state index contributed by atoms with van der Waals surface area (Å²) in [7, 11) is 1.59. The molecule has 232 valence electrons. The van der Waals surface area contributed by atoms with Crippen LogP contribution in [0.15, 0.2) is 119 Å². The van der Waals surface area contributed by atoms with Gasteiger partial charge in [-0.2, -0.15) is 5.10 Å². The number of esters is 1. The molecule has 6 rings (SSSR count). The van der Waals surface area contributed by atoms with Crippen molar-refractivity contribution in [2.45, 2.75) is 19.9 Å². The van der Waals surface area contributed by atoms with Crippen LogP contribution in [0.4, 0.5) is 0 Å². The van der Waals surface area contributed by atoms with Gasteiger partial charge in [0, 0.05) is 17.3 Å².